The van der Waals surface area contributed by atoms with Crippen molar-refractivity contribution in [2.45, 2.75) is 11.8 Å². The highest BCUT2D eigenvalue weighted by atomic mass is 15.7. The number of nitrogens with zero attached hydrogens (tertiary/aromatic N) is 16. The Balaban J connectivity index is 0.000000118. The molecule has 0 fully saturated rings. The smallest absolute Gasteiger partial charge is 0.192 e. The highest BCUT2D eigenvalue weighted by Gasteiger charge is 2.73. The first kappa shape index (κ1) is 64.9. The lowest BCUT2D eigenvalue weighted by molar-refractivity contribution is -0.791. The number of aliphatic imine (C=N–C) groups is 4. The van der Waals surface area contributed by atoms with E-state index in [0.717, 1.165) is 223 Å². The molecule has 36 rings (SSSR count). The highest BCUT2D eigenvalue weighted by Crippen LogP contribution is 2.60. The van der Waals surface area contributed by atoms with Crippen LogP contribution in [0.3, 0.4) is 0 Å². The van der Waals surface area contributed by atoms with Gasteiger partial charge in [-0.15, -0.1) is 18.3 Å². The molecule has 0 saturated heterocycles. The van der Waals surface area contributed by atoms with Crippen LogP contribution in [0.4, 0.5) is 23.3 Å². The Bertz CT molecular complexity index is 10200. The Kier molecular flexibility index (Phi) is 10.8. The fraction of sp³-hybridized carbons (Fsp3) is 0.0175. The van der Waals surface area contributed by atoms with Crippen LogP contribution in [0, 0.1) is 0 Å². The van der Waals surface area contributed by atoms with Gasteiger partial charge in [0.2, 0.25) is 45.2 Å². The van der Waals surface area contributed by atoms with Crippen molar-refractivity contribution in [3.8, 4) is 0 Å². The van der Waals surface area contributed by atoms with Gasteiger partial charge in [-0.3, -0.25) is 0 Å². The molecule has 0 bridgehead atoms. The molecule has 24 aromatic rings. The average molecular weight is 1650 g/mol. The van der Waals surface area contributed by atoms with Gasteiger partial charge in [0.25, 0.3) is 46.7 Å². The fourth-order valence-electron chi connectivity index (χ4n) is 25.5. The molecule has 0 atom stereocenters. The van der Waals surface area contributed by atoms with Crippen LogP contribution in [0.2, 0.25) is 0 Å². The zero-order chi connectivity index (χ0) is 83.2. The van der Waals surface area contributed by atoms with Crippen LogP contribution >= 0.6 is 0 Å². The predicted octanol–water partition coefficient (Wildman–Crippen LogP) is 21.3. The molecule has 0 radical (unpaired) electrons. The number of benzene rings is 20. The van der Waals surface area contributed by atoms with Crippen molar-refractivity contribution >= 4 is 242 Å². The minimum Gasteiger partial charge on any atom is -0.192 e. The van der Waals surface area contributed by atoms with E-state index in [9.17, 15) is 0 Å². The first-order valence-electron chi connectivity index (χ1n) is 44.5. The van der Waals surface area contributed by atoms with Gasteiger partial charge in [0.05, 0.1) is 66.1 Å². The van der Waals surface area contributed by atoms with Gasteiger partial charge in [-0.05, 0) is 178 Å². The number of rotatable bonds is 0. The second-order valence-electron chi connectivity index (χ2n) is 36.3. The van der Waals surface area contributed by atoms with E-state index in [4.69, 9.17) is 39.9 Å². The Morgan fingerprint density at radius 2 is 0.408 bits per heavy atom. The summed E-state index contributed by atoms with van der Waals surface area (Å²) in [6.45, 7) is 0. The van der Waals surface area contributed by atoms with E-state index in [-0.39, 0.29) is 0 Å². The summed E-state index contributed by atoms with van der Waals surface area (Å²) in [5, 5.41) is 36.6. The summed E-state index contributed by atoms with van der Waals surface area (Å²) < 4.78 is 19.6. The van der Waals surface area contributed by atoms with Crippen LogP contribution in [0.15, 0.2) is 380 Å². The zero-order valence-electron chi connectivity index (χ0n) is 68.5. The van der Waals surface area contributed by atoms with Gasteiger partial charge in [-0.25, -0.2) is 0 Å². The number of amidine groups is 8. The van der Waals surface area contributed by atoms with Crippen molar-refractivity contribution in [2.24, 2.45) is 39.9 Å². The minimum atomic E-state index is -1.25. The Morgan fingerprint density at radius 1 is 0.169 bits per heavy atom. The lowest BCUT2D eigenvalue weighted by atomic mass is 9.92. The van der Waals surface area contributed by atoms with Gasteiger partial charge in [0.15, 0.2) is 0 Å². The Morgan fingerprint density at radius 3 is 0.754 bits per heavy atom. The highest BCUT2D eigenvalue weighted by molar-refractivity contribution is 6.38. The quantitative estimate of drug-likeness (QED) is 0.106. The molecule has 4 aromatic heterocycles. The molecule has 0 amide bonds. The van der Waals surface area contributed by atoms with Crippen molar-refractivity contribution in [3.05, 3.63) is 406 Å². The molecule has 16 nitrogen and oxygen atoms in total. The summed E-state index contributed by atoms with van der Waals surface area (Å²) in [5.74, 6) is 8.15. The lowest BCUT2D eigenvalue weighted by Crippen LogP contribution is -2.71. The van der Waals surface area contributed by atoms with Crippen LogP contribution in [-0.4, -0.2) is 83.3 Å². The third kappa shape index (κ3) is 6.98. The molecular weight excluding hydrogens is 1590 g/mol. The van der Waals surface area contributed by atoms with Crippen molar-refractivity contribution in [2.75, 3.05) is 0 Å². The Hall–Kier alpha value is -17.8. The number of aromatic nitrogens is 4. The maximum Gasteiger partial charge on any atom is 0.404 e. The summed E-state index contributed by atoms with van der Waals surface area (Å²) in [6, 6.07) is 124. The minimum absolute atomic E-state index is 0.864. The average Bonchev–Trinajstić information content (AvgIpc) is 1.48. The summed E-state index contributed by atoms with van der Waals surface area (Å²) in [7, 11) is 0. The molecule has 130 heavy (non-hydrogen) atoms. The molecule has 588 valence electrons. The molecule has 20 aromatic carbocycles. The van der Waals surface area contributed by atoms with E-state index in [1.165, 1.54) is 86.2 Å². The molecule has 0 saturated carbocycles. The third-order valence-corrected chi connectivity index (χ3v) is 30.5. The van der Waals surface area contributed by atoms with Crippen LogP contribution in [0.1, 0.15) is 44.5 Å². The van der Waals surface area contributed by atoms with Gasteiger partial charge in [-0.2, -0.15) is 18.3 Å². The standard InChI is InChI=1S/C65H32N8.C49H24N8/c1-9-25-41-33(17-1)34-18-2-10-26-42(34)50-49(41)57-66-59-51-43-27-11-3-19-35(43)36-20-4-12-28-44(36)52(51)61-68-63-55-47-31-15-7-23-39(47)40-24-8-16-32-48(40)56(55)64-69-62-54-46-30-14-6-22-38(46)37-21-5-13-29-45(37)53(54)60-67-58(50)70(57)65(71(59)61,72(60)62)73(63)64;1-2-10-26-18-34-33(17-25(26)9-1)41-50-43-35-19-27-11-3-4-12-28(27)20-36(35)45-52-47-39-23-31-15-7-8-16-32(31)24-40(39)48-53-46-38-22-30-14-6-5-13-29(30)21-37(38)44-51-42(34)54(41)49(55(43)45,56(44)46)57(47)48/h1-32H;1-24H/q2*+2. The predicted molar refractivity (Wildman–Crippen MR) is 517 cm³/mol. The van der Waals surface area contributed by atoms with Gasteiger partial charge in [0.1, 0.15) is 0 Å². The number of fused-ring (bicyclic) bond motifs is 48. The number of hydrogen-bond acceptors (Lipinski definition) is 8. The van der Waals surface area contributed by atoms with E-state index in [0.29, 0.717) is 0 Å². The monoisotopic (exact) mass is 1650 g/mol. The second kappa shape index (κ2) is 21.6. The maximum atomic E-state index is 6.13. The van der Waals surface area contributed by atoms with Crippen LogP contribution in [-0.2, 0) is 11.8 Å². The first-order valence-corrected chi connectivity index (χ1v) is 44.5. The Labute approximate surface area is 732 Å². The molecule has 16 heteroatoms. The van der Waals surface area contributed by atoms with E-state index < -0.39 is 11.8 Å². The van der Waals surface area contributed by atoms with Crippen LogP contribution in [0.25, 0.3) is 172 Å². The van der Waals surface area contributed by atoms with Crippen molar-refractivity contribution in [3.63, 3.8) is 0 Å². The second-order valence-corrected chi connectivity index (χ2v) is 36.3. The van der Waals surface area contributed by atoms with Crippen LogP contribution in [0.5, 0.6) is 0 Å². The SMILES string of the molecule is c1ccc2c(c1)c1c(c3ccccc32)C2=[N+]3C1=Nc1c4c5ccccc5c5ccccc5c4c4n1C31n3c(c5c6ccccc6c6ccccc6c5c3=NC3=[N+]1C(=N4)c1c3c3ccccc3c3ccccc13)=N2.c1ccc2cc3c(cc2c1)C1=Nc2c4cc5ccccc5cc4c4n2C25n6c(c7cc8ccccc8cc7c6=NC6=[N+]2C(=N4)c2cc4ccccc4cc26)=NC3=[N+]15. The molecule has 0 N–H and O–H groups in total. The first-order chi connectivity index (χ1) is 64.5. The van der Waals surface area contributed by atoms with Gasteiger partial charge >= 0.3 is 11.8 Å². The lowest BCUT2D eigenvalue weighted by Gasteiger charge is -2.40. The van der Waals surface area contributed by atoms with Crippen molar-refractivity contribution < 1.29 is 18.3 Å². The van der Waals surface area contributed by atoms with Gasteiger partial charge in [0, 0.05) is 21.5 Å². The molecular formula is C114H56N16+4. The molecule has 0 unspecified atom stereocenters. The number of hydrogen-bond donors (Lipinski definition) is 0. The van der Waals surface area contributed by atoms with E-state index in [1.807, 2.05) is 0 Å². The van der Waals surface area contributed by atoms with E-state index in [2.05, 4.69) is 376 Å². The van der Waals surface area contributed by atoms with E-state index in [1.54, 1.807) is 0 Å². The fourth-order valence-corrected chi connectivity index (χ4v) is 25.5. The zero-order valence-corrected chi connectivity index (χ0v) is 68.5. The molecule has 12 aliphatic rings. The van der Waals surface area contributed by atoms with Crippen LogP contribution < -0.4 is 22.0 Å². The van der Waals surface area contributed by atoms with E-state index >= 15 is 0 Å². The summed E-state index contributed by atoms with van der Waals surface area (Å²) in [4.78, 5) is 47.4. The third-order valence-electron chi connectivity index (χ3n) is 30.5. The maximum absolute atomic E-state index is 6.13. The summed E-state index contributed by atoms with van der Waals surface area (Å²) >= 11 is 0. The molecule has 12 aliphatic heterocycles. The molecule has 2 spiro atoms. The molecule has 0 aliphatic carbocycles. The van der Waals surface area contributed by atoms with Crippen molar-refractivity contribution in [1.82, 2.24) is 18.3 Å². The normalized spacial score (nSPS) is 16.4. The summed E-state index contributed by atoms with van der Waals surface area (Å²) in [6.07, 6.45) is 0. The summed E-state index contributed by atoms with van der Waals surface area (Å²) in [5.41, 5.74) is 12.1. The van der Waals surface area contributed by atoms with Gasteiger partial charge < -0.3 is 0 Å². The largest absolute Gasteiger partial charge is 0.404 e. The van der Waals surface area contributed by atoms with Gasteiger partial charge in [-0.1, -0.05) is 331 Å². The van der Waals surface area contributed by atoms with Crippen molar-refractivity contribution in [1.29, 1.82) is 0 Å². The topological polar surface area (TPSA) is 131 Å². The molecule has 16 heterocycles.